The first-order valence-electron chi connectivity index (χ1n) is 6.03. The number of amides is 1. The molecule has 1 amide bonds. The molecule has 0 saturated heterocycles. The zero-order chi connectivity index (χ0) is 14.3. The van der Waals surface area contributed by atoms with Gasteiger partial charge in [0.1, 0.15) is 0 Å². The van der Waals surface area contributed by atoms with Gasteiger partial charge in [-0.1, -0.05) is 0 Å². The van der Waals surface area contributed by atoms with E-state index in [9.17, 15) is 4.79 Å². The van der Waals surface area contributed by atoms with Crippen molar-refractivity contribution in [1.82, 2.24) is 5.32 Å². The number of aliphatic hydroxyl groups excluding tert-OH is 1. The third kappa shape index (κ3) is 4.58. The molecule has 1 rings (SSSR count). The summed E-state index contributed by atoms with van der Waals surface area (Å²) in [6.07, 6.45) is 2.51. The fourth-order valence-corrected chi connectivity index (χ4v) is 2.46. The molecule has 1 aromatic rings. The second-order valence-corrected chi connectivity index (χ2v) is 5.19. The predicted octanol–water partition coefficient (Wildman–Crippen LogP) is 1.71. The van der Waals surface area contributed by atoms with Gasteiger partial charge in [-0.25, -0.2) is 0 Å². The first kappa shape index (κ1) is 15.5. The van der Waals surface area contributed by atoms with Gasteiger partial charge >= 0.3 is 0 Å². The summed E-state index contributed by atoms with van der Waals surface area (Å²) in [6.45, 7) is 1.86. The SMILES string of the molecule is CSCC(CCO)NC(=O)c1ccc(C#N)cc1C. The molecule has 1 atom stereocenters. The van der Waals surface area contributed by atoms with Crippen LogP contribution in [0.5, 0.6) is 0 Å². The number of aryl methyl sites for hydroxylation is 1. The van der Waals surface area contributed by atoms with Gasteiger partial charge < -0.3 is 10.4 Å². The lowest BCUT2D eigenvalue weighted by molar-refractivity contribution is 0.0934. The van der Waals surface area contributed by atoms with E-state index in [-0.39, 0.29) is 18.6 Å². The molecule has 0 radical (unpaired) electrons. The Morgan fingerprint density at radius 1 is 1.58 bits per heavy atom. The Balaban J connectivity index is 2.79. The lowest BCUT2D eigenvalue weighted by Crippen LogP contribution is -2.37. The van der Waals surface area contributed by atoms with Crippen LogP contribution in [0.3, 0.4) is 0 Å². The fraction of sp³-hybridized carbons (Fsp3) is 0.429. The van der Waals surface area contributed by atoms with Gasteiger partial charge in [0.25, 0.3) is 5.91 Å². The van der Waals surface area contributed by atoms with Crippen LogP contribution in [0.1, 0.15) is 27.9 Å². The van der Waals surface area contributed by atoms with Crippen molar-refractivity contribution in [3.63, 3.8) is 0 Å². The standard InChI is InChI=1S/C14H18N2O2S/c1-10-7-11(8-15)3-4-13(10)14(18)16-12(5-6-17)9-19-2/h3-4,7,12,17H,5-6,9H2,1-2H3,(H,16,18). The van der Waals surface area contributed by atoms with Crippen molar-refractivity contribution in [2.45, 2.75) is 19.4 Å². The highest BCUT2D eigenvalue weighted by Gasteiger charge is 2.14. The largest absolute Gasteiger partial charge is 0.396 e. The van der Waals surface area contributed by atoms with E-state index >= 15 is 0 Å². The topological polar surface area (TPSA) is 73.1 Å². The van der Waals surface area contributed by atoms with E-state index in [0.717, 1.165) is 11.3 Å². The van der Waals surface area contributed by atoms with Gasteiger partial charge in [-0.05, 0) is 43.4 Å². The Labute approximate surface area is 117 Å². The molecule has 19 heavy (non-hydrogen) atoms. The molecule has 102 valence electrons. The number of nitrogens with zero attached hydrogens (tertiary/aromatic N) is 1. The molecule has 1 unspecified atom stereocenters. The first-order chi connectivity index (χ1) is 9.12. The number of aliphatic hydroxyl groups is 1. The Hall–Kier alpha value is -1.51. The van der Waals surface area contributed by atoms with Crippen LogP contribution in [0.4, 0.5) is 0 Å². The molecule has 1 aromatic carbocycles. The van der Waals surface area contributed by atoms with Crippen LogP contribution >= 0.6 is 11.8 Å². The summed E-state index contributed by atoms with van der Waals surface area (Å²) in [5, 5.41) is 20.7. The minimum Gasteiger partial charge on any atom is -0.396 e. The number of carbonyl (C=O) groups excluding carboxylic acids is 1. The second kappa shape index (κ2) is 7.82. The zero-order valence-electron chi connectivity index (χ0n) is 11.1. The van der Waals surface area contributed by atoms with Crippen LogP contribution < -0.4 is 5.32 Å². The number of rotatable bonds is 6. The van der Waals surface area contributed by atoms with E-state index in [1.165, 1.54) is 0 Å². The third-order valence-corrected chi connectivity index (χ3v) is 3.52. The molecule has 5 heteroatoms. The maximum Gasteiger partial charge on any atom is 0.251 e. The second-order valence-electron chi connectivity index (χ2n) is 4.28. The van der Waals surface area contributed by atoms with Gasteiger partial charge in [0, 0.05) is 24.0 Å². The smallest absolute Gasteiger partial charge is 0.251 e. The number of benzene rings is 1. The molecule has 2 N–H and O–H groups in total. The summed E-state index contributed by atoms with van der Waals surface area (Å²) in [5.74, 6) is 0.608. The Morgan fingerprint density at radius 3 is 2.84 bits per heavy atom. The summed E-state index contributed by atoms with van der Waals surface area (Å²) < 4.78 is 0. The highest BCUT2D eigenvalue weighted by atomic mass is 32.2. The van der Waals surface area contributed by atoms with Crippen molar-refractivity contribution in [3.05, 3.63) is 34.9 Å². The summed E-state index contributed by atoms with van der Waals surface area (Å²) in [4.78, 5) is 12.1. The monoisotopic (exact) mass is 278 g/mol. The number of hydrogen-bond acceptors (Lipinski definition) is 4. The van der Waals surface area contributed by atoms with Crippen molar-refractivity contribution >= 4 is 17.7 Å². The number of nitriles is 1. The van der Waals surface area contributed by atoms with Crippen LogP contribution in [0.2, 0.25) is 0 Å². The predicted molar refractivity (Wildman–Crippen MR) is 77.2 cm³/mol. The Morgan fingerprint density at radius 2 is 2.32 bits per heavy atom. The minimum atomic E-state index is -0.158. The minimum absolute atomic E-state index is 0.0393. The molecule has 4 nitrogen and oxygen atoms in total. The fourth-order valence-electron chi connectivity index (χ4n) is 1.81. The molecule has 0 bridgehead atoms. The lowest BCUT2D eigenvalue weighted by Gasteiger charge is -2.17. The zero-order valence-corrected chi connectivity index (χ0v) is 12.0. The van der Waals surface area contributed by atoms with Crippen LogP contribution in [0.15, 0.2) is 18.2 Å². The first-order valence-corrected chi connectivity index (χ1v) is 7.43. The van der Waals surface area contributed by atoms with Crippen molar-refractivity contribution < 1.29 is 9.90 Å². The van der Waals surface area contributed by atoms with E-state index in [1.807, 2.05) is 19.2 Å². The average molecular weight is 278 g/mol. The maximum atomic E-state index is 12.1. The molecule has 0 aliphatic carbocycles. The quantitative estimate of drug-likeness (QED) is 0.831. The molecule has 0 saturated carbocycles. The highest BCUT2D eigenvalue weighted by Crippen LogP contribution is 2.11. The van der Waals surface area contributed by atoms with Crippen LogP contribution in [0.25, 0.3) is 0 Å². The van der Waals surface area contributed by atoms with Gasteiger partial charge in [0.2, 0.25) is 0 Å². The summed E-state index contributed by atoms with van der Waals surface area (Å²) in [5.41, 5.74) is 1.90. The molecule has 0 aliphatic heterocycles. The average Bonchev–Trinajstić information content (AvgIpc) is 2.38. The molecular weight excluding hydrogens is 260 g/mol. The van der Waals surface area contributed by atoms with Gasteiger partial charge in [-0.3, -0.25) is 4.79 Å². The Kier molecular flexibility index (Phi) is 6.40. The van der Waals surface area contributed by atoms with Crippen molar-refractivity contribution in [2.24, 2.45) is 0 Å². The van der Waals surface area contributed by atoms with E-state index < -0.39 is 0 Å². The van der Waals surface area contributed by atoms with Crippen LogP contribution in [-0.4, -0.2) is 35.7 Å². The van der Waals surface area contributed by atoms with Crippen molar-refractivity contribution in [2.75, 3.05) is 18.6 Å². The molecular formula is C14H18N2O2S. The van der Waals surface area contributed by atoms with Crippen molar-refractivity contribution in [1.29, 1.82) is 5.26 Å². The highest BCUT2D eigenvalue weighted by molar-refractivity contribution is 7.98. The summed E-state index contributed by atoms with van der Waals surface area (Å²) in [6, 6.07) is 7.01. The molecule has 0 aromatic heterocycles. The molecule has 0 spiro atoms. The number of nitrogens with one attached hydrogen (secondary N) is 1. The van der Waals surface area contributed by atoms with Gasteiger partial charge in [-0.15, -0.1) is 0 Å². The van der Waals surface area contributed by atoms with Gasteiger partial charge in [0.05, 0.1) is 11.6 Å². The number of carbonyl (C=O) groups is 1. The van der Waals surface area contributed by atoms with E-state index in [2.05, 4.69) is 5.32 Å². The normalized spacial score (nSPS) is 11.7. The number of hydrogen-bond donors (Lipinski definition) is 2. The van der Waals surface area contributed by atoms with E-state index in [4.69, 9.17) is 10.4 Å². The summed E-state index contributed by atoms with van der Waals surface area (Å²) in [7, 11) is 0. The van der Waals surface area contributed by atoms with Crippen LogP contribution in [0, 0.1) is 18.3 Å². The third-order valence-electron chi connectivity index (χ3n) is 2.78. The van der Waals surface area contributed by atoms with Gasteiger partial charge in [-0.2, -0.15) is 17.0 Å². The summed E-state index contributed by atoms with van der Waals surface area (Å²) >= 11 is 1.63. The molecule has 0 aliphatic rings. The number of thioether (sulfide) groups is 1. The molecule has 0 fully saturated rings. The van der Waals surface area contributed by atoms with E-state index in [0.29, 0.717) is 17.5 Å². The van der Waals surface area contributed by atoms with Gasteiger partial charge in [0.15, 0.2) is 0 Å². The van der Waals surface area contributed by atoms with E-state index in [1.54, 1.807) is 30.0 Å². The lowest BCUT2D eigenvalue weighted by atomic mass is 10.0. The van der Waals surface area contributed by atoms with Crippen molar-refractivity contribution in [3.8, 4) is 6.07 Å². The maximum absolute atomic E-state index is 12.1. The molecule has 0 heterocycles. The van der Waals surface area contributed by atoms with Crippen LogP contribution in [-0.2, 0) is 0 Å². The Bertz CT molecular complexity index is 477.